The number of fused-ring (bicyclic) bond motifs is 2. The van der Waals surface area contributed by atoms with Crippen LogP contribution in [-0.4, -0.2) is 49.0 Å². The number of benzene rings is 4. The average molecular weight is 525 g/mol. The summed E-state index contributed by atoms with van der Waals surface area (Å²) in [7, 11) is 0. The van der Waals surface area contributed by atoms with E-state index in [1.54, 1.807) is 6.07 Å². The lowest BCUT2D eigenvalue weighted by molar-refractivity contribution is 0.0690. The van der Waals surface area contributed by atoms with Crippen LogP contribution < -0.4 is 9.64 Å². The van der Waals surface area contributed by atoms with Crippen molar-refractivity contribution >= 4 is 33.3 Å². The molecule has 1 saturated heterocycles. The van der Waals surface area contributed by atoms with Crippen molar-refractivity contribution in [1.29, 1.82) is 0 Å². The van der Waals surface area contributed by atoms with Crippen LogP contribution >= 0.6 is 0 Å². The van der Waals surface area contributed by atoms with Crippen molar-refractivity contribution in [2.75, 3.05) is 37.8 Å². The van der Waals surface area contributed by atoms with Crippen molar-refractivity contribution in [3.8, 4) is 16.9 Å². The summed E-state index contributed by atoms with van der Waals surface area (Å²) in [6, 6.07) is 25.0. The number of carbonyl (C=O) groups is 1. The summed E-state index contributed by atoms with van der Waals surface area (Å²) in [5.74, 6) is -0.770. The molecule has 0 spiro atoms. The van der Waals surface area contributed by atoms with Crippen LogP contribution in [0.5, 0.6) is 5.75 Å². The number of anilines is 1. The van der Waals surface area contributed by atoms with Gasteiger partial charge in [0.25, 0.3) is 0 Å². The zero-order valence-electron chi connectivity index (χ0n) is 21.5. The van der Waals surface area contributed by atoms with E-state index in [0.717, 1.165) is 46.4 Å². The molecule has 0 atom stereocenters. The largest absolute Gasteiger partial charge is 0.493 e. The predicted octanol–water partition coefficient (Wildman–Crippen LogP) is 6.67. The van der Waals surface area contributed by atoms with Gasteiger partial charge in [0.2, 0.25) is 0 Å². The third kappa shape index (κ3) is 4.81. The number of ether oxygens (including phenoxy) is 2. The number of para-hydroxylation sites is 1. The molecule has 1 aliphatic rings. The Kier molecular flexibility index (Phi) is 6.90. The number of nitrogens with zero attached hydrogens (tertiary/aromatic N) is 1. The molecule has 2 N–H and O–H groups in total. The summed E-state index contributed by atoms with van der Waals surface area (Å²) in [6.45, 7) is 3.18. The van der Waals surface area contributed by atoms with Crippen molar-refractivity contribution in [1.82, 2.24) is 4.98 Å². The van der Waals surface area contributed by atoms with E-state index in [1.165, 1.54) is 6.07 Å². The number of nitrogens with one attached hydrogen (secondary N) is 1. The molecular weight excluding hydrogens is 495 g/mol. The molecule has 39 heavy (non-hydrogen) atoms. The van der Waals surface area contributed by atoms with Gasteiger partial charge in [-0.15, -0.1) is 0 Å². The highest BCUT2D eigenvalue weighted by Gasteiger charge is 2.24. The monoisotopic (exact) mass is 524 g/mol. The van der Waals surface area contributed by atoms with Crippen molar-refractivity contribution in [2.45, 2.75) is 12.8 Å². The second-order valence-corrected chi connectivity index (χ2v) is 9.67. The van der Waals surface area contributed by atoms with E-state index >= 15 is 4.39 Å². The highest BCUT2D eigenvalue weighted by Crippen LogP contribution is 2.39. The van der Waals surface area contributed by atoms with Crippen LogP contribution in [0.2, 0.25) is 0 Å². The van der Waals surface area contributed by atoms with Crippen LogP contribution in [0.15, 0.2) is 78.9 Å². The Balaban J connectivity index is 1.32. The van der Waals surface area contributed by atoms with Crippen molar-refractivity contribution in [2.24, 2.45) is 0 Å². The second kappa shape index (κ2) is 10.8. The molecule has 1 aliphatic heterocycles. The summed E-state index contributed by atoms with van der Waals surface area (Å²) >= 11 is 0. The first-order chi connectivity index (χ1) is 19.1. The first-order valence-electron chi connectivity index (χ1n) is 13.2. The first-order valence-corrected chi connectivity index (χ1v) is 13.2. The summed E-state index contributed by atoms with van der Waals surface area (Å²) in [5, 5.41) is 12.5. The van der Waals surface area contributed by atoms with Crippen LogP contribution in [0.25, 0.3) is 32.8 Å². The molecule has 6 nitrogen and oxygen atoms in total. The Morgan fingerprint density at radius 1 is 0.949 bits per heavy atom. The molecule has 5 aromatic rings. The van der Waals surface area contributed by atoms with Gasteiger partial charge in [0, 0.05) is 40.7 Å². The third-order valence-corrected chi connectivity index (χ3v) is 7.35. The SMILES string of the molecule is O=C(O)c1[nH]c2c(-c3ccccc3N3CCOCC3)ccc(F)c2c1CCCOc1cccc2ccccc12. The molecule has 0 bridgehead atoms. The molecule has 0 amide bonds. The normalized spacial score (nSPS) is 13.7. The summed E-state index contributed by atoms with van der Waals surface area (Å²) < 4.78 is 26.9. The Hall–Kier alpha value is -4.36. The highest BCUT2D eigenvalue weighted by atomic mass is 19.1. The maximum absolute atomic E-state index is 15.4. The standard InChI is InChI=1S/C32H29FN2O4/c33-26-15-14-24(23-10-3-4-12-27(23)35-16-19-38-20-17-35)30-29(26)25(31(34-30)32(36)37)11-6-18-39-28-13-5-8-21-7-1-2-9-22(21)28/h1-5,7-10,12-15,34H,6,11,16-20H2,(H,36,37). The fourth-order valence-electron chi connectivity index (χ4n) is 5.52. The van der Waals surface area contributed by atoms with E-state index in [1.807, 2.05) is 66.7 Å². The number of hydrogen-bond donors (Lipinski definition) is 2. The maximum Gasteiger partial charge on any atom is 0.352 e. The van der Waals surface area contributed by atoms with E-state index in [2.05, 4.69) is 9.88 Å². The highest BCUT2D eigenvalue weighted by molar-refractivity contribution is 6.04. The minimum absolute atomic E-state index is 0.0189. The lowest BCUT2D eigenvalue weighted by Gasteiger charge is -2.30. The molecule has 1 fully saturated rings. The molecule has 2 heterocycles. The Morgan fingerprint density at radius 2 is 1.72 bits per heavy atom. The van der Waals surface area contributed by atoms with Crippen LogP contribution in [0.3, 0.4) is 0 Å². The number of aromatic nitrogens is 1. The molecule has 0 radical (unpaired) electrons. The molecule has 7 heteroatoms. The number of aryl methyl sites for hydroxylation is 1. The van der Waals surface area contributed by atoms with E-state index in [0.29, 0.717) is 49.1 Å². The molecule has 0 unspecified atom stereocenters. The van der Waals surface area contributed by atoms with Crippen LogP contribution in [0.4, 0.5) is 10.1 Å². The second-order valence-electron chi connectivity index (χ2n) is 9.67. The summed E-state index contributed by atoms with van der Waals surface area (Å²) in [4.78, 5) is 17.6. The van der Waals surface area contributed by atoms with E-state index < -0.39 is 11.8 Å². The van der Waals surface area contributed by atoms with Gasteiger partial charge in [-0.25, -0.2) is 9.18 Å². The van der Waals surface area contributed by atoms with Gasteiger partial charge in [0.15, 0.2) is 0 Å². The van der Waals surface area contributed by atoms with E-state index in [-0.39, 0.29) is 5.69 Å². The quantitative estimate of drug-likeness (QED) is 0.222. The molecule has 0 saturated carbocycles. The molecule has 0 aliphatic carbocycles. The minimum Gasteiger partial charge on any atom is -0.493 e. The van der Waals surface area contributed by atoms with Gasteiger partial charge >= 0.3 is 5.97 Å². The maximum atomic E-state index is 15.4. The lowest BCUT2D eigenvalue weighted by atomic mass is 9.97. The summed E-state index contributed by atoms with van der Waals surface area (Å²) in [6.07, 6.45) is 0.891. The topological polar surface area (TPSA) is 74.8 Å². The van der Waals surface area contributed by atoms with Crippen LogP contribution in [0.1, 0.15) is 22.5 Å². The number of H-pyrrole nitrogens is 1. The fraction of sp³-hybridized carbons (Fsp3) is 0.219. The van der Waals surface area contributed by atoms with Crippen molar-refractivity contribution in [3.05, 3.63) is 95.9 Å². The average Bonchev–Trinajstić information content (AvgIpc) is 3.37. The molecule has 6 rings (SSSR count). The number of carboxylic acid groups (broad SMARTS) is 1. The number of carboxylic acids is 1. The van der Waals surface area contributed by atoms with Crippen LogP contribution in [-0.2, 0) is 11.2 Å². The Labute approximate surface area is 225 Å². The molecular formula is C32H29FN2O4. The van der Waals surface area contributed by atoms with Gasteiger partial charge in [0.05, 0.1) is 25.3 Å². The number of halogens is 1. The Bertz CT molecular complexity index is 1650. The number of hydrogen-bond acceptors (Lipinski definition) is 4. The fourth-order valence-corrected chi connectivity index (χ4v) is 5.52. The molecule has 198 valence electrons. The number of morpholine rings is 1. The van der Waals surface area contributed by atoms with Gasteiger partial charge in [0.1, 0.15) is 17.3 Å². The zero-order valence-corrected chi connectivity index (χ0v) is 21.5. The van der Waals surface area contributed by atoms with E-state index in [4.69, 9.17) is 9.47 Å². The van der Waals surface area contributed by atoms with E-state index in [9.17, 15) is 9.90 Å². The van der Waals surface area contributed by atoms with Crippen LogP contribution in [0, 0.1) is 5.82 Å². The first kappa shape index (κ1) is 24.9. The lowest BCUT2D eigenvalue weighted by Crippen LogP contribution is -2.36. The van der Waals surface area contributed by atoms with Gasteiger partial charge in [-0.2, -0.15) is 0 Å². The smallest absolute Gasteiger partial charge is 0.352 e. The summed E-state index contributed by atoms with van der Waals surface area (Å²) in [5.41, 5.74) is 3.69. The van der Waals surface area contributed by atoms with Gasteiger partial charge in [-0.05, 0) is 48.1 Å². The number of aromatic amines is 1. The molecule has 4 aromatic carbocycles. The van der Waals surface area contributed by atoms with Gasteiger partial charge < -0.3 is 24.5 Å². The Morgan fingerprint density at radius 3 is 2.56 bits per heavy atom. The van der Waals surface area contributed by atoms with Crippen molar-refractivity contribution in [3.63, 3.8) is 0 Å². The zero-order chi connectivity index (χ0) is 26.8. The number of rotatable bonds is 8. The van der Waals surface area contributed by atoms with Gasteiger partial charge in [-0.1, -0.05) is 54.6 Å². The number of aromatic carboxylic acids is 1. The van der Waals surface area contributed by atoms with Crippen molar-refractivity contribution < 1.29 is 23.8 Å². The van der Waals surface area contributed by atoms with Gasteiger partial charge in [-0.3, -0.25) is 0 Å². The minimum atomic E-state index is -1.11. The third-order valence-electron chi connectivity index (χ3n) is 7.35. The predicted molar refractivity (Wildman–Crippen MR) is 151 cm³/mol. The molecule has 1 aromatic heterocycles.